The van der Waals surface area contributed by atoms with Gasteiger partial charge in [0.25, 0.3) is 0 Å². The van der Waals surface area contributed by atoms with Gasteiger partial charge in [-0.05, 0) is 24.6 Å². The van der Waals surface area contributed by atoms with Gasteiger partial charge in [0.2, 0.25) is 0 Å². The Morgan fingerprint density at radius 3 is 2.83 bits per heavy atom. The fraction of sp³-hybridized carbons (Fsp3) is 0.625. The highest BCUT2D eigenvalue weighted by Gasteiger charge is 2.31. The number of fused-ring (bicyclic) bond motifs is 1. The van der Waals surface area contributed by atoms with Gasteiger partial charge in [0.1, 0.15) is 0 Å². The van der Waals surface area contributed by atoms with E-state index in [0.717, 1.165) is 13.0 Å². The zero-order valence-electron chi connectivity index (χ0n) is 11.6. The lowest BCUT2D eigenvalue weighted by Gasteiger charge is -2.20. The molecule has 0 spiro atoms. The normalized spacial score (nSPS) is 22.1. The molecule has 2 heteroatoms. The van der Waals surface area contributed by atoms with E-state index in [1.165, 1.54) is 36.8 Å². The van der Waals surface area contributed by atoms with E-state index in [1.54, 1.807) is 0 Å². The van der Waals surface area contributed by atoms with Gasteiger partial charge in [0.15, 0.2) is 0 Å². The van der Waals surface area contributed by atoms with Crippen molar-refractivity contribution in [2.45, 2.75) is 51.2 Å². The van der Waals surface area contributed by atoms with Gasteiger partial charge < -0.3 is 10.1 Å². The summed E-state index contributed by atoms with van der Waals surface area (Å²) in [4.78, 5) is 0. The smallest absolute Gasteiger partial charge is 0.0810 e. The van der Waals surface area contributed by atoms with Crippen molar-refractivity contribution in [3.63, 3.8) is 0 Å². The third-order valence-electron chi connectivity index (χ3n) is 3.82. The summed E-state index contributed by atoms with van der Waals surface area (Å²) >= 11 is 0. The Kier molecular flexibility index (Phi) is 5.21. The van der Waals surface area contributed by atoms with Gasteiger partial charge in [-0.2, -0.15) is 0 Å². The van der Waals surface area contributed by atoms with E-state index in [0.29, 0.717) is 12.1 Å². The molecule has 0 heterocycles. The summed E-state index contributed by atoms with van der Waals surface area (Å²) in [7, 11) is 2.03. The zero-order valence-corrected chi connectivity index (χ0v) is 11.6. The molecule has 1 N–H and O–H groups in total. The molecule has 0 radical (unpaired) electrons. The molecule has 18 heavy (non-hydrogen) atoms. The van der Waals surface area contributed by atoms with Crippen LogP contribution in [0.25, 0.3) is 0 Å². The van der Waals surface area contributed by atoms with Gasteiger partial charge in [0, 0.05) is 13.0 Å². The maximum absolute atomic E-state index is 6.07. The molecule has 2 atom stereocenters. The van der Waals surface area contributed by atoms with Crippen molar-refractivity contribution in [3.05, 3.63) is 35.4 Å². The minimum atomic E-state index is 0.314. The molecule has 0 saturated heterocycles. The van der Waals surface area contributed by atoms with E-state index in [1.807, 2.05) is 7.05 Å². The fourth-order valence-corrected chi connectivity index (χ4v) is 2.82. The van der Waals surface area contributed by atoms with Crippen LogP contribution in [0.2, 0.25) is 0 Å². The maximum Gasteiger partial charge on any atom is 0.0810 e. The predicted molar refractivity (Wildman–Crippen MR) is 75.8 cm³/mol. The lowest BCUT2D eigenvalue weighted by Crippen LogP contribution is -2.28. The number of benzene rings is 1. The summed E-state index contributed by atoms with van der Waals surface area (Å²) in [6.07, 6.45) is 6.46. The highest BCUT2D eigenvalue weighted by molar-refractivity contribution is 5.36. The minimum Gasteiger partial charge on any atom is -0.376 e. The molecule has 2 rings (SSSR count). The van der Waals surface area contributed by atoms with Gasteiger partial charge in [0.05, 0.1) is 12.1 Å². The Labute approximate surface area is 111 Å². The lowest BCUT2D eigenvalue weighted by molar-refractivity contribution is 0.0342. The summed E-state index contributed by atoms with van der Waals surface area (Å²) in [6.45, 7) is 3.14. The summed E-state index contributed by atoms with van der Waals surface area (Å²) in [5.74, 6) is 0. The van der Waals surface area contributed by atoms with Crippen LogP contribution < -0.4 is 5.32 Å². The molecule has 0 saturated carbocycles. The SMILES string of the molecule is CCCCCCOC1Cc2ccccc2C1NC. The largest absolute Gasteiger partial charge is 0.376 e. The molecule has 1 aromatic rings. The summed E-state index contributed by atoms with van der Waals surface area (Å²) in [5, 5.41) is 3.40. The lowest BCUT2D eigenvalue weighted by atomic mass is 10.1. The van der Waals surface area contributed by atoms with Crippen LogP contribution in [-0.4, -0.2) is 19.8 Å². The molecule has 2 unspecified atom stereocenters. The Hall–Kier alpha value is -0.860. The molecular weight excluding hydrogens is 222 g/mol. The summed E-state index contributed by atoms with van der Waals surface area (Å²) < 4.78 is 6.07. The highest BCUT2D eigenvalue weighted by Crippen LogP contribution is 2.32. The number of likely N-dealkylation sites (N-methyl/N-ethyl adjacent to an activating group) is 1. The van der Waals surface area contributed by atoms with E-state index >= 15 is 0 Å². The zero-order chi connectivity index (χ0) is 12.8. The van der Waals surface area contributed by atoms with Crippen LogP contribution in [0, 0.1) is 0 Å². The molecule has 1 aromatic carbocycles. The van der Waals surface area contributed by atoms with Gasteiger partial charge in [-0.3, -0.25) is 0 Å². The summed E-state index contributed by atoms with van der Waals surface area (Å²) in [5.41, 5.74) is 2.86. The van der Waals surface area contributed by atoms with Crippen LogP contribution in [0.4, 0.5) is 0 Å². The topological polar surface area (TPSA) is 21.3 Å². The molecule has 1 aliphatic rings. The molecular formula is C16H25NO. The number of nitrogens with one attached hydrogen (secondary N) is 1. The van der Waals surface area contributed by atoms with Crippen molar-refractivity contribution < 1.29 is 4.74 Å². The number of ether oxygens (including phenoxy) is 1. The monoisotopic (exact) mass is 247 g/mol. The van der Waals surface area contributed by atoms with E-state index < -0.39 is 0 Å². The van der Waals surface area contributed by atoms with Crippen LogP contribution in [0.5, 0.6) is 0 Å². The van der Waals surface area contributed by atoms with Crippen molar-refractivity contribution in [3.8, 4) is 0 Å². The number of rotatable bonds is 7. The van der Waals surface area contributed by atoms with Crippen LogP contribution in [0.3, 0.4) is 0 Å². The molecule has 0 aliphatic heterocycles. The van der Waals surface area contributed by atoms with Gasteiger partial charge in [-0.15, -0.1) is 0 Å². The van der Waals surface area contributed by atoms with E-state index in [4.69, 9.17) is 4.74 Å². The highest BCUT2D eigenvalue weighted by atomic mass is 16.5. The average Bonchev–Trinajstić information content (AvgIpc) is 2.76. The van der Waals surface area contributed by atoms with Crippen molar-refractivity contribution in [1.82, 2.24) is 5.32 Å². The number of hydrogen-bond acceptors (Lipinski definition) is 2. The second-order valence-electron chi connectivity index (χ2n) is 5.14. The molecule has 1 aliphatic carbocycles. The van der Waals surface area contributed by atoms with Crippen LogP contribution in [-0.2, 0) is 11.2 Å². The van der Waals surface area contributed by atoms with Crippen molar-refractivity contribution >= 4 is 0 Å². The van der Waals surface area contributed by atoms with Gasteiger partial charge >= 0.3 is 0 Å². The summed E-state index contributed by atoms with van der Waals surface area (Å²) in [6, 6.07) is 9.05. The number of hydrogen-bond donors (Lipinski definition) is 1. The van der Waals surface area contributed by atoms with E-state index in [9.17, 15) is 0 Å². The quantitative estimate of drug-likeness (QED) is 0.745. The second kappa shape index (κ2) is 6.91. The first kappa shape index (κ1) is 13.6. The van der Waals surface area contributed by atoms with Gasteiger partial charge in [-0.1, -0.05) is 50.5 Å². The fourth-order valence-electron chi connectivity index (χ4n) is 2.82. The second-order valence-corrected chi connectivity index (χ2v) is 5.14. The van der Waals surface area contributed by atoms with Crippen LogP contribution in [0.1, 0.15) is 49.8 Å². The molecule has 0 fully saturated rings. The average molecular weight is 247 g/mol. The van der Waals surface area contributed by atoms with E-state index in [-0.39, 0.29) is 0 Å². The number of unbranched alkanes of at least 4 members (excludes halogenated alkanes) is 3. The Morgan fingerprint density at radius 1 is 1.22 bits per heavy atom. The third kappa shape index (κ3) is 3.12. The molecule has 0 aromatic heterocycles. The first-order chi connectivity index (χ1) is 8.86. The Bertz CT molecular complexity index is 364. The van der Waals surface area contributed by atoms with Crippen LogP contribution in [0.15, 0.2) is 24.3 Å². The van der Waals surface area contributed by atoms with Crippen molar-refractivity contribution in [1.29, 1.82) is 0 Å². The van der Waals surface area contributed by atoms with Gasteiger partial charge in [-0.25, -0.2) is 0 Å². The Balaban J connectivity index is 1.84. The molecule has 2 nitrogen and oxygen atoms in total. The van der Waals surface area contributed by atoms with E-state index in [2.05, 4.69) is 36.5 Å². The van der Waals surface area contributed by atoms with Crippen LogP contribution >= 0.6 is 0 Å². The molecule has 0 amide bonds. The third-order valence-corrected chi connectivity index (χ3v) is 3.82. The first-order valence-corrected chi connectivity index (χ1v) is 7.23. The minimum absolute atomic E-state index is 0.314. The Morgan fingerprint density at radius 2 is 2.06 bits per heavy atom. The molecule has 100 valence electrons. The standard InChI is InChI=1S/C16H25NO/c1-3-4-5-8-11-18-15-12-13-9-6-7-10-14(13)16(15)17-2/h6-7,9-10,15-17H,3-5,8,11-12H2,1-2H3. The first-order valence-electron chi connectivity index (χ1n) is 7.23. The van der Waals surface area contributed by atoms with Crippen molar-refractivity contribution in [2.24, 2.45) is 0 Å². The molecule has 0 bridgehead atoms. The predicted octanol–water partition coefficient (Wildman–Crippen LogP) is 3.47. The van der Waals surface area contributed by atoms with Crippen molar-refractivity contribution in [2.75, 3.05) is 13.7 Å². The maximum atomic E-state index is 6.07.